The van der Waals surface area contributed by atoms with E-state index in [1.54, 1.807) is 0 Å². The number of hydrazine groups is 1. The predicted molar refractivity (Wildman–Crippen MR) is 140 cm³/mol. The largest absolute Gasteiger partial charge is 0.239 e. The second kappa shape index (κ2) is 8.37. The Labute approximate surface area is 204 Å². The molecular formula is C29H26N2S2. The molecular weight excluding hydrogens is 440 g/mol. The molecule has 4 aromatic carbocycles. The highest BCUT2D eigenvalue weighted by molar-refractivity contribution is 8.00. The van der Waals surface area contributed by atoms with E-state index in [9.17, 15) is 0 Å². The molecule has 0 radical (unpaired) electrons. The lowest BCUT2D eigenvalue weighted by molar-refractivity contribution is 0.555. The lowest BCUT2D eigenvalue weighted by Gasteiger charge is -2.36. The maximum atomic E-state index is 3.50. The van der Waals surface area contributed by atoms with Crippen LogP contribution < -0.4 is 10.9 Å². The Morgan fingerprint density at radius 3 is 2.18 bits per heavy atom. The van der Waals surface area contributed by atoms with Crippen LogP contribution in [0.5, 0.6) is 0 Å². The average Bonchev–Trinajstić information content (AvgIpc) is 3.35. The van der Waals surface area contributed by atoms with Crippen LogP contribution in [0.25, 0.3) is 11.1 Å². The first-order chi connectivity index (χ1) is 16.1. The summed E-state index contributed by atoms with van der Waals surface area (Å²) in [5, 5.41) is 0.453. The Hall–Kier alpha value is -2.50. The molecule has 1 saturated heterocycles. The fourth-order valence-corrected chi connectivity index (χ4v) is 7.60. The fourth-order valence-electron chi connectivity index (χ4n) is 5.00. The number of thioether (sulfide) groups is 1. The molecule has 0 spiro atoms. The molecule has 2 heterocycles. The summed E-state index contributed by atoms with van der Waals surface area (Å²) in [4.78, 5) is 2.73. The van der Waals surface area contributed by atoms with Crippen LogP contribution in [0.15, 0.2) is 107 Å². The van der Waals surface area contributed by atoms with Gasteiger partial charge < -0.3 is 0 Å². The van der Waals surface area contributed by atoms with Crippen LogP contribution in [0.3, 0.4) is 0 Å². The van der Waals surface area contributed by atoms with Crippen LogP contribution in [0.2, 0.25) is 0 Å². The Bertz CT molecular complexity index is 1320. The maximum Gasteiger partial charge on any atom is 0.0936 e. The summed E-state index contributed by atoms with van der Waals surface area (Å²) in [7, 11) is 0. The van der Waals surface area contributed by atoms with E-state index in [1.165, 1.54) is 43.2 Å². The van der Waals surface area contributed by atoms with Crippen molar-refractivity contribution in [1.29, 1.82) is 0 Å². The molecule has 4 aromatic rings. The number of hydrogen-bond acceptors (Lipinski definition) is 4. The summed E-state index contributed by atoms with van der Waals surface area (Å²) in [5.41, 5.74) is 15.0. The normalized spacial score (nSPS) is 20.8. The van der Waals surface area contributed by atoms with Crippen molar-refractivity contribution < 1.29 is 0 Å². The summed E-state index contributed by atoms with van der Waals surface area (Å²) in [6.45, 7) is 4.72. The van der Waals surface area contributed by atoms with Crippen LogP contribution in [-0.2, 0) is 5.41 Å². The van der Waals surface area contributed by atoms with Crippen molar-refractivity contribution in [2.45, 2.75) is 39.8 Å². The summed E-state index contributed by atoms with van der Waals surface area (Å²) in [6.07, 6.45) is 0. The van der Waals surface area contributed by atoms with E-state index in [4.69, 9.17) is 0 Å². The van der Waals surface area contributed by atoms with E-state index in [0.717, 1.165) is 0 Å². The second-order valence-corrected chi connectivity index (χ2v) is 11.4. The Morgan fingerprint density at radius 2 is 1.33 bits per heavy atom. The Balaban J connectivity index is 1.36. The van der Waals surface area contributed by atoms with Crippen molar-refractivity contribution in [2.24, 2.45) is 0 Å². The minimum atomic E-state index is -0.0515. The quantitative estimate of drug-likeness (QED) is 0.323. The van der Waals surface area contributed by atoms with Crippen LogP contribution in [0, 0.1) is 0 Å². The molecule has 0 aliphatic carbocycles. The average molecular weight is 467 g/mol. The molecule has 2 aliphatic rings. The van der Waals surface area contributed by atoms with Gasteiger partial charge >= 0.3 is 0 Å². The molecule has 4 heteroatoms. The zero-order chi connectivity index (χ0) is 22.4. The molecule has 2 aliphatic heterocycles. The molecule has 0 saturated carbocycles. The molecule has 1 fully saturated rings. The number of fused-ring (bicyclic) bond motifs is 2. The third-order valence-corrected chi connectivity index (χ3v) is 9.11. The summed E-state index contributed by atoms with van der Waals surface area (Å²) in [5.74, 6) is 0. The van der Waals surface area contributed by atoms with Crippen LogP contribution in [0.1, 0.15) is 46.8 Å². The summed E-state index contributed by atoms with van der Waals surface area (Å²) in [6, 6.07) is 35.3. The summed E-state index contributed by atoms with van der Waals surface area (Å²) < 4.78 is 0. The number of benzene rings is 4. The van der Waals surface area contributed by atoms with Crippen molar-refractivity contribution in [3.05, 3.63) is 119 Å². The van der Waals surface area contributed by atoms with Gasteiger partial charge in [0.1, 0.15) is 0 Å². The molecule has 0 bridgehead atoms. The number of rotatable bonds is 3. The van der Waals surface area contributed by atoms with Crippen LogP contribution in [0.4, 0.5) is 0 Å². The van der Waals surface area contributed by atoms with Gasteiger partial charge in [0.15, 0.2) is 0 Å². The minimum absolute atomic E-state index is 0.0515. The van der Waals surface area contributed by atoms with Gasteiger partial charge in [0.2, 0.25) is 0 Å². The third-order valence-electron chi connectivity index (χ3n) is 6.65. The molecule has 6 rings (SSSR count). The topological polar surface area (TPSA) is 24.1 Å². The molecule has 164 valence electrons. The van der Waals surface area contributed by atoms with Crippen molar-refractivity contribution in [3.8, 4) is 11.1 Å². The highest BCUT2D eigenvalue weighted by Crippen LogP contribution is 2.52. The first-order valence-corrected chi connectivity index (χ1v) is 13.1. The number of hydrogen-bond donors (Lipinski definition) is 2. The van der Waals surface area contributed by atoms with Crippen molar-refractivity contribution in [1.82, 2.24) is 10.9 Å². The third kappa shape index (κ3) is 3.71. The van der Waals surface area contributed by atoms with E-state index in [1.807, 2.05) is 23.5 Å². The van der Waals surface area contributed by atoms with Gasteiger partial charge in [0.05, 0.1) is 10.7 Å². The Kier molecular flexibility index (Phi) is 5.34. The lowest BCUT2D eigenvalue weighted by Crippen LogP contribution is -2.26. The van der Waals surface area contributed by atoms with Crippen molar-refractivity contribution >= 4 is 23.5 Å². The van der Waals surface area contributed by atoms with E-state index in [0.29, 0.717) is 0 Å². The maximum absolute atomic E-state index is 3.50. The van der Waals surface area contributed by atoms with Crippen molar-refractivity contribution in [2.75, 3.05) is 0 Å². The molecule has 0 amide bonds. The lowest BCUT2D eigenvalue weighted by atomic mass is 9.74. The minimum Gasteiger partial charge on any atom is -0.239 e. The highest BCUT2D eigenvalue weighted by Gasteiger charge is 2.35. The second-order valence-electron chi connectivity index (χ2n) is 9.12. The van der Waals surface area contributed by atoms with E-state index >= 15 is 0 Å². The predicted octanol–water partition coefficient (Wildman–Crippen LogP) is 7.68. The van der Waals surface area contributed by atoms with Gasteiger partial charge in [-0.1, -0.05) is 104 Å². The molecule has 2 unspecified atom stereocenters. The van der Waals surface area contributed by atoms with E-state index in [-0.39, 0.29) is 16.2 Å². The molecule has 2 N–H and O–H groups in total. The Morgan fingerprint density at radius 1 is 0.667 bits per heavy atom. The van der Waals surface area contributed by atoms with Gasteiger partial charge in [-0.05, 0) is 51.6 Å². The van der Waals surface area contributed by atoms with Gasteiger partial charge in [-0.15, -0.1) is 11.8 Å². The first kappa shape index (κ1) is 21.1. The zero-order valence-corrected chi connectivity index (χ0v) is 20.3. The highest BCUT2D eigenvalue weighted by atomic mass is 32.2. The smallest absolute Gasteiger partial charge is 0.0936 e. The standard InChI is InChI=1S/C29H26N2S2/c1-29(2)23-15-6-7-16-24(23)32-25-17-9-14-22(26(25)29)20-12-8-13-21(18-20)28-31-30-27(33-28)19-10-4-3-5-11-19/h3-18,27-28,30-31H,1-2H3. The van der Waals surface area contributed by atoms with Gasteiger partial charge in [-0.2, -0.15) is 0 Å². The van der Waals surface area contributed by atoms with E-state index < -0.39 is 0 Å². The fraction of sp³-hybridized carbons (Fsp3) is 0.172. The van der Waals surface area contributed by atoms with Gasteiger partial charge in [-0.25, -0.2) is 10.9 Å². The molecule has 2 nitrogen and oxygen atoms in total. The van der Waals surface area contributed by atoms with Crippen molar-refractivity contribution in [3.63, 3.8) is 0 Å². The van der Waals surface area contributed by atoms with Crippen LogP contribution >= 0.6 is 23.5 Å². The van der Waals surface area contributed by atoms with Crippen LogP contribution in [-0.4, -0.2) is 0 Å². The molecule has 33 heavy (non-hydrogen) atoms. The number of nitrogens with one attached hydrogen (secondary N) is 2. The SMILES string of the molecule is CC1(C)c2ccccc2Sc2cccc(-c3cccc(C4NNC(c5ccccc5)S4)c3)c21. The monoisotopic (exact) mass is 466 g/mol. The van der Waals surface area contributed by atoms with Gasteiger partial charge in [-0.3, -0.25) is 0 Å². The molecule has 2 atom stereocenters. The molecule has 0 aromatic heterocycles. The van der Waals surface area contributed by atoms with E-state index in [2.05, 4.69) is 122 Å². The van der Waals surface area contributed by atoms with Gasteiger partial charge in [0, 0.05) is 15.2 Å². The summed E-state index contributed by atoms with van der Waals surface area (Å²) >= 11 is 3.81. The zero-order valence-electron chi connectivity index (χ0n) is 18.7. The first-order valence-electron chi connectivity index (χ1n) is 11.3. The van der Waals surface area contributed by atoms with Gasteiger partial charge in [0.25, 0.3) is 0 Å².